The molecule has 1 N–H and O–H groups in total. The fourth-order valence-corrected chi connectivity index (χ4v) is 7.44. The molecule has 0 aromatic heterocycles. The van der Waals surface area contributed by atoms with Crippen LogP contribution in [-0.2, 0) is 24.4 Å². The van der Waals surface area contributed by atoms with Gasteiger partial charge in [0.15, 0.2) is 0 Å². The quantitative estimate of drug-likeness (QED) is 0.564. The van der Waals surface area contributed by atoms with Crippen molar-refractivity contribution in [3.8, 4) is 0 Å². The van der Waals surface area contributed by atoms with Gasteiger partial charge < -0.3 is 4.74 Å². The molecule has 152 valence electrons. The maximum atomic E-state index is 13.1. The Morgan fingerprint density at radius 1 is 1.15 bits per heavy atom. The number of ether oxygens (including phenoxy) is 1. The van der Waals surface area contributed by atoms with Crippen LogP contribution in [0.5, 0.6) is 0 Å². The van der Waals surface area contributed by atoms with Gasteiger partial charge in [0.25, 0.3) is 10.1 Å². The smallest absolute Gasteiger partial charge is 0.309 e. The number of hydrogen-bond acceptors (Lipinski definition) is 5. The molecular weight excluding hydrogens is 368 g/mol. The largest absolute Gasteiger partial charge is 0.459 e. The van der Waals surface area contributed by atoms with Crippen LogP contribution in [-0.4, -0.2) is 35.6 Å². The summed E-state index contributed by atoms with van der Waals surface area (Å²) in [5.74, 6) is 0.211. The van der Waals surface area contributed by atoms with Gasteiger partial charge in [0.2, 0.25) is 0 Å². The van der Waals surface area contributed by atoms with Crippen molar-refractivity contribution in [2.75, 3.05) is 0 Å². The van der Waals surface area contributed by atoms with Gasteiger partial charge in [-0.2, -0.15) is 8.42 Å². The number of hydrogen-bond donors (Lipinski definition) is 1. The highest BCUT2D eigenvalue weighted by molar-refractivity contribution is 7.86. The van der Waals surface area contributed by atoms with Crippen LogP contribution in [0.4, 0.5) is 0 Å². The Morgan fingerprint density at radius 3 is 2.41 bits per heavy atom. The van der Waals surface area contributed by atoms with E-state index in [1.807, 2.05) is 0 Å². The van der Waals surface area contributed by atoms with Crippen LogP contribution in [0.3, 0.4) is 0 Å². The van der Waals surface area contributed by atoms with E-state index in [0.717, 1.165) is 32.1 Å². The average molecular weight is 399 g/mol. The Morgan fingerprint density at radius 2 is 1.81 bits per heavy atom. The standard InChI is InChI=1S/C20H30O6S/c1-2-3-13-4-5-16(27(23,24)25)8-17(13)19(22)26-20-9-12-6-14(10-20)18(21)15(7-12)11-20/h12-17H,2-11H2,1H3,(H,23,24,25). The molecule has 5 aliphatic carbocycles. The number of esters is 1. The molecular formula is C20H30O6S. The van der Waals surface area contributed by atoms with Gasteiger partial charge in [0, 0.05) is 11.8 Å². The molecule has 27 heavy (non-hydrogen) atoms. The van der Waals surface area contributed by atoms with Gasteiger partial charge >= 0.3 is 5.97 Å². The molecule has 5 saturated carbocycles. The van der Waals surface area contributed by atoms with Crippen LogP contribution in [0.15, 0.2) is 0 Å². The zero-order chi connectivity index (χ0) is 19.4. The highest BCUT2D eigenvalue weighted by Gasteiger charge is 2.57. The Labute approximate surface area is 161 Å². The van der Waals surface area contributed by atoms with Crippen molar-refractivity contribution >= 4 is 21.9 Å². The van der Waals surface area contributed by atoms with Gasteiger partial charge in [-0.25, -0.2) is 0 Å². The average Bonchev–Trinajstić information content (AvgIpc) is 2.58. The summed E-state index contributed by atoms with van der Waals surface area (Å²) in [7, 11) is -4.14. The van der Waals surface area contributed by atoms with E-state index in [4.69, 9.17) is 4.74 Å². The second-order valence-electron chi connectivity index (χ2n) is 9.46. The molecule has 6 nitrogen and oxygen atoms in total. The molecule has 0 aliphatic heterocycles. The van der Waals surface area contributed by atoms with Gasteiger partial charge in [-0.3, -0.25) is 14.1 Å². The SMILES string of the molecule is CCCC1CCC(S(=O)(=O)O)CC1C(=O)OC12CC3CC(C1)C(=O)C(C3)C2. The van der Waals surface area contributed by atoms with E-state index in [1.165, 1.54) is 0 Å². The maximum Gasteiger partial charge on any atom is 0.309 e. The van der Waals surface area contributed by atoms with E-state index in [9.17, 15) is 22.6 Å². The highest BCUT2D eigenvalue weighted by Crippen LogP contribution is 2.56. The summed E-state index contributed by atoms with van der Waals surface area (Å²) < 4.78 is 38.8. The fraction of sp³-hybridized carbons (Fsp3) is 0.900. The Bertz CT molecular complexity index is 711. The number of ketones is 1. The van der Waals surface area contributed by atoms with E-state index < -0.39 is 26.9 Å². The van der Waals surface area contributed by atoms with Crippen molar-refractivity contribution in [2.45, 2.75) is 82.0 Å². The number of carbonyl (C=O) groups is 2. The molecule has 5 unspecified atom stereocenters. The Hall–Kier alpha value is -0.950. The van der Waals surface area contributed by atoms with E-state index in [1.54, 1.807) is 0 Å². The molecule has 0 aromatic carbocycles. The molecule has 0 radical (unpaired) electrons. The second kappa shape index (κ2) is 6.83. The fourth-order valence-electron chi connectivity index (χ4n) is 6.56. The van der Waals surface area contributed by atoms with E-state index >= 15 is 0 Å². The zero-order valence-corrected chi connectivity index (χ0v) is 16.7. The Kier molecular flexibility index (Phi) is 4.90. The predicted octanol–water partition coefficient (Wildman–Crippen LogP) is 3.15. The highest BCUT2D eigenvalue weighted by atomic mass is 32.2. The van der Waals surface area contributed by atoms with Crippen molar-refractivity contribution in [3.63, 3.8) is 0 Å². The first-order valence-electron chi connectivity index (χ1n) is 10.4. The molecule has 5 rings (SSSR count). The summed E-state index contributed by atoms with van der Waals surface area (Å²) in [5.41, 5.74) is -0.525. The number of carbonyl (C=O) groups excluding carboxylic acids is 2. The predicted molar refractivity (Wildman–Crippen MR) is 98.5 cm³/mol. The maximum absolute atomic E-state index is 13.1. The molecule has 4 bridgehead atoms. The van der Waals surface area contributed by atoms with E-state index in [0.29, 0.717) is 37.4 Å². The molecule has 5 fully saturated rings. The first-order valence-corrected chi connectivity index (χ1v) is 11.9. The topological polar surface area (TPSA) is 97.7 Å². The first kappa shape index (κ1) is 19.4. The second-order valence-corrected chi connectivity index (χ2v) is 11.2. The third-order valence-corrected chi connectivity index (χ3v) is 8.85. The summed E-state index contributed by atoms with van der Waals surface area (Å²) in [6.45, 7) is 2.06. The molecule has 5 aliphatic rings. The van der Waals surface area contributed by atoms with Crippen molar-refractivity contribution in [1.82, 2.24) is 0 Å². The van der Waals surface area contributed by atoms with Crippen LogP contribution in [0, 0.1) is 29.6 Å². The van der Waals surface area contributed by atoms with Crippen LogP contribution in [0.2, 0.25) is 0 Å². The molecule has 0 spiro atoms. The lowest BCUT2D eigenvalue weighted by Crippen LogP contribution is -2.57. The lowest BCUT2D eigenvalue weighted by molar-refractivity contribution is -0.195. The summed E-state index contributed by atoms with van der Waals surface area (Å²) in [5, 5.41) is -0.874. The summed E-state index contributed by atoms with van der Waals surface area (Å²) in [4.78, 5) is 25.5. The third kappa shape index (κ3) is 3.57. The van der Waals surface area contributed by atoms with E-state index in [-0.39, 0.29) is 30.1 Å². The summed E-state index contributed by atoms with van der Waals surface area (Å²) in [6, 6.07) is 0. The van der Waals surface area contributed by atoms with Gasteiger partial charge in [-0.05, 0) is 69.6 Å². The minimum atomic E-state index is -4.14. The molecule has 0 amide bonds. The van der Waals surface area contributed by atoms with E-state index in [2.05, 4.69) is 6.92 Å². The lowest BCUT2D eigenvalue weighted by Gasteiger charge is -2.55. The van der Waals surface area contributed by atoms with Crippen LogP contribution in [0.1, 0.15) is 71.1 Å². The van der Waals surface area contributed by atoms with Crippen molar-refractivity contribution in [3.05, 3.63) is 0 Å². The minimum Gasteiger partial charge on any atom is -0.459 e. The molecule has 7 heteroatoms. The van der Waals surface area contributed by atoms with Crippen LogP contribution < -0.4 is 0 Å². The first-order chi connectivity index (χ1) is 12.7. The number of rotatable bonds is 5. The normalized spacial score (nSPS) is 43.7. The van der Waals surface area contributed by atoms with Crippen molar-refractivity contribution < 1.29 is 27.3 Å². The van der Waals surface area contributed by atoms with Crippen LogP contribution in [0.25, 0.3) is 0 Å². The van der Waals surface area contributed by atoms with Crippen LogP contribution >= 0.6 is 0 Å². The third-order valence-electron chi connectivity index (χ3n) is 7.58. The molecule has 5 atom stereocenters. The van der Waals surface area contributed by atoms with Gasteiger partial charge in [-0.15, -0.1) is 0 Å². The van der Waals surface area contributed by atoms with Crippen molar-refractivity contribution in [1.29, 1.82) is 0 Å². The summed E-state index contributed by atoms with van der Waals surface area (Å²) >= 11 is 0. The van der Waals surface area contributed by atoms with Gasteiger partial charge in [-0.1, -0.05) is 13.3 Å². The molecule has 0 aromatic rings. The van der Waals surface area contributed by atoms with Gasteiger partial charge in [0.05, 0.1) is 11.2 Å². The molecule has 0 saturated heterocycles. The zero-order valence-electron chi connectivity index (χ0n) is 15.9. The Balaban J connectivity index is 1.51. The van der Waals surface area contributed by atoms with Crippen molar-refractivity contribution in [2.24, 2.45) is 29.6 Å². The minimum absolute atomic E-state index is 0.0346. The lowest BCUT2D eigenvalue weighted by atomic mass is 9.53. The number of Topliss-reactive ketones (excluding diaryl/α,β-unsaturated/α-hetero) is 1. The van der Waals surface area contributed by atoms with Gasteiger partial charge in [0.1, 0.15) is 11.4 Å². The molecule has 0 heterocycles. The monoisotopic (exact) mass is 398 g/mol. The summed E-state index contributed by atoms with van der Waals surface area (Å²) in [6.07, 6.45) is 6.93.